The fourth-order valence-electron chi connectivity index (χ4n) is 1.88. The molecule has 1 saturated heterocycles. The van der Waals surface area contributed by atoms with Crippen LogP contribution in [0.5, 0.6) is 0 Å². The van der Waals surface area contributed by atoms with Crippen LogP contribution < -0.4 is 5.73 Å². The molecule has 0 radical (unpaired) electrons. The number of methoxy groups -OCH3 is 1. The number of hydrogen-bond donors (Lipinski definition) is 1. The van der Waals surface area contributed by atoms with Gasteiger partial charge in [-0.05, 0) is 12.8 Å². The molecule has 0 amide bonds. The molecule has 0 aliphatic carbocycles. The minimum atomic E-state index is -3.18. The van der Waals surface area contributed by atoms with Crippen molar-refractivity contribution in [2.24, 2.45) is 5.73 Å². The van der Waals surface area contributed by atoms with Gasteiger partial charge in [-0.2, -0.15) is 4.31 Å². The Morgan fingerprint density at radius 2 is 2.12 bits per heavy atom. The zero-order valence-electron chi connectivity index (χ0n) is 9.59. The first-order valence-corrected chi connectivity index (χ1v) is 6.91. The van der Waals surface area contributed by atoms with Gasteiger partial charge in [-0.1, -0.05) is 6.42 Å². The minimum Gasteiger partial charge on any atom is -0.384 e. The molecule has 98 valence electrons. The maximum absolute atomic E-state index is 11.9. The Hall–Kier alpha value is 0.120. The van der Waals surface area contributed by atoms with Crippen molar-refractivity contribution < 1.29 is 13.2 Å². The summed E-state index contributed by atoms with van der Waals surface area (Å²) in [6.45, 7) is 1.26. The first-order valence-electron chi connectivity index (χ1n) is 5.30. The standard InChI is InChI=1S/C9H20N2O3S.ClH/c1-14-6-7-15(12,13)11-5-3-2-4-9(11)8-10;/h9H,2-8,10H2,1H3;1H. The second-order valence-electron chi connectivity index (χ2n) is 3.80. The molecule has 0 saturated carbocycles. The van der Waals surface area contributed by atoms with Gasteiger partial charge in [-0.15, -0.1) is 12.4 Å². The molecule has 1 atom stereocenters. The molecular formula is C9H21ClN2O3S. The van der Waals surface area contributed by atoms with Crippen molar-refractivity contribution in [2.75, 3.05) is 32.6 Å². The van der Waals surface area contributed by atoms with Crippen molar-refractivity contribution in [1.82, 2.24) is 4.31 Å². The van der Waals surface area contributed by atoms with Crippen LogP contribution in [0, 0.1) is 0 Å². The Balaban J connectivity index is 0.00000225. The normalized spacial score (nSPS) is 22.8. The Labute approximate surface area is 104 Å². The monoisotopic (exact) mass is 272 g/mol. The van der Waals surface area contributed by atoms with Gasteiger partial charge in [0.05, 0.1) is 12.4 Å². The van der Waals surface area contributed by atoms with Crippen molar-refractivity contribution >= 4 is 22.4 Å². The quantitative estimate of drug-likeness (QED) is 0.776. The van der Waals surface area contributed by atoms with Crippen molar-refractivity contribution in [3.05, 3.63) is 0 Å². The molecule has 5 nitrogen and oxygen atoms in total. The van der Waals surface area contributed by atoms with Crippen LogP contribution in [0.1, 0.15) is 19.3 Å². The average Bonchev–Trinajstić information content (AvgIpc) is 2.26. The van der Waals surface area contributed by atoms with E-state index in [1.165, 1.54) is 7.11 Å². The van der Waals surface area contributed by atoms with Crippen LogP contribution in [0.3, 0.4) is 0 Å². The first kappa shape index (κ1) is 16.1. The third-order valence-electron chi connectivity index (χ3n) is 2.75. The molecule has 1 aliphatic heterocycles. The number of nitrogens with two attached hydrogens (primary N) is 1. The van der Waals surface area contributed by atoms with Crippen LogP contribution in [-0.4, -0.2) is 51.3 Å². The van der Waals surface area contributed by atoms with E-state index in [0.717, 1.165) is 19.3 Å². The van der Waals surface area contributed by atoms with Crippen molar-refractivity contribution in [2.45, 2.75) is 25.3 Å². The Morgan fingerprint density at radius 1 is 1.44 bits per heavy atom. The summed E-state index contributed by atoms with van der Waals surface area (Å²) in [6, 6.07) is -0.0133. The van der Waals surface area contributed by atoms with Gasteiger partial charge in [-0.3, -0.25) is 0 Å². The number of hydrogen-bond acceptors (Lipinski definition) is 4. The lowest BCUT2D eigenvalue weighted by Crippen LogP contribution is -2.48. The zero-order chi connectivity index (χ0) is 11.3. The van der Waals surface area contributed by atoms with E-state index in [4.69, 9.17) is 10.5 Å². The predicted molar refractivity (Wildman–Crippen MR) is 66.3 cm³/mol. The average molecular weight is 273 g/mol. The van der Waals surface area contributed by atoms with Gasteiger partial charge in [0.1, 0.15) is 0 Å². The SMILES string of the molecule is COCCS(=O)(=O)N1CCCCC1CN.Cl. The summed E-state index contributed by atoms with van der Waals surface area (Å²) in [4.78, 5) is 0. The highest BCUT2D eigenvalue weighted by atomic mass is 35.5. The van der Waals surface area contributed by atoms with Crippen molar-refractivity contribution in [3.63, 3.8) is 0 Å². The summed E-state index contributed by atoms with van der Waals surface area (Å²) in [5.41, 5.74) is 5.58. The van der Waals surface area contributed by atoms with Gasteiger partial charge in [-0.25, -0.2) is 8.42 Å². The van der Waals surface area contributed by atoms with E-state index < -0.39 is 10.0 Å². The molecule has 1 fully saturated rings. The molecule has 0 aromatic heterocycles. The van der Waals surface area contributed by atoms with Gasteiger partial charge in [0.2, 0.25) is 10.0 Å². The lowest BCUT2D eigenvalue weighted by atomic mass is 10.1. The number of nitrogens with zero attached hydrogens (tertiary/aromatic N) is 1. The second kappa shape index (κ2) is 7.45. The van der Waals surface area contributed by atoms with Gasteiger partial charge in [0, 0.05) is 26.2 Å². The third kappa shape index (κ3) is 4.18. The molecule has 0 bridgehead atoms. The van der Waals surface area contributed by atoms with E-state index in [1.54, 1.807) is 4.31 Å². The van der Waals surface area contributed by atoms with E-state index in [1.807, 2.05) is 0 Å². The smallest absolute Gasteiger partial charge is 0.216 e. The lowest BCUT2D eigenvalue weighted by molar-refractivity contribution is 0.210. The van der Waals surface area contributed by atoms with Crippen molar-refractivity contribution in [1.29, 1.82) is 0 Å². The molecular weight excluding hydrogens is 252 g/mol. The highest BCUT2D eigenvalue weighted by Crippen LogP contribution is 2.19. The Morgan fingerprint density at radius 3 is 2.69 bits per heavy atom. The number of sulfonamides is 1. The number of rotatable bonds is 5. The second-order valence-corrected chi connectivity index (χ2v) is 5.85. The minimum absolute atomic E-state index is 0. The molecule has 1 aliphatic rings. The fraction of sp³-hybridized carbons (Fsp3) is 1.00. The highest BCUT2D eigenvalue weighted by molar-refractivity contribution is 7.89. The highest BCUT2D eigenvalue weighted by Gasteiger charge is 2.30. The lowest BCUT2D eigenvalue weighted by Gasteiger charge is -2.33. The predicted octanol–water partition coefficient (Wildman–Crippen LogP) is 0.198. The molecule has 16 heavy (non-hydrogen) atoms. The Bertz CT molecular complexity index is 284. The molecule has 0 aromatic rings. The molecule has 1 heterocycles. The van der Waals surface area contributed by atoms with E-state index in [9.17, 15) is 8.42 Å². The summed E-state index contributed by atoms with van der Waals surface area (Å²) < 4.78 is 30.2. The largest absolute Gasteiger partial charge is 0.384 e. The van der Waals surface area contributed by atoms with Crippen LogP contribution in [0.25, 0.3) is 0 Å². The van der Waals surface area contributed by atoms with Gasteiger partial charge in [0.15, 0.2) is 0 Å². The van der Waals surface area contributed by atoms with E-state index in [0.29, 0.717) is 13.1 Å². The Kier molecular flexibility index (Phi) is 7.50. The maximum Gasteiger partial charge on any atom is 0.216 e. The zero-order valence-corrected chi connectivity index (χ0v) is 11.2. The third-order valence-corrected chi connectivity index (χ3v) is 4.63. The van der Waals surface area contributed by atoms with Crippen LogP contribution in [0.2, 0.25) is 0 Å². The topological polar surface area (TPSA) is 72.6 Å². The molecule has 2 N–H and O–H groups in total. The number of piperidine rings is 1. The van der Waals surface area contributed by atoms with Gasteiger partial charge >= 0.3 is 0 Å². The molecule has 0 aromatic carbocycles. The summed E-state index contributed by atoms with van der Waals surface area (Å²) in [5, 5.41) is 0. The van der Waals surface area contributed by atoms with E-state index >= 15 is 0 Å². The summed E-state index contributed by atoms with van der Waals surface area (Å²) >= 11 is 0. The number of ether oxygens (including phenoxy) is 1. The molecule has 7 heteroatoms. The summed E-state index contributed by atoms with van der Waals surface area (Å²) in [6.07, 6.45) is 2.88. The summed E-state index contributed by atoms with van der Waals surface area (Å²) in [7, 11) is -1.67. The molecule has 0 spiro atoms. The first-order chi connectivity index (χ1) is 7.11. The van der Waals surface area contributed by atoms with Gasteiger partial charge < -0.3 is 10.5 Å². The number of halogens is 1. The summed E-state index contributed by atoms with van der Waals surface area (Å²) in [5.74, 6) is 0.0556. The van der Waals surface area contributed by atoms with Crippen LogP contribution in [-0.2, 0) is 14.8 Å². The maximum atomic E-state index is 11.9. The fourth-order valence-corrected chi connectivity index (χ4v) is 3.55. The van der Waals surface area contributed by atoms with E-state index in [-0.39, 0.29) is 30.8 Å². The van der Waals surface area contributed by atoms with Crippen molar-refractivity contribution in [3.8, 4) is 0 Å². The van der Waals surface area contributed by atoms with E-state index in [2.05, 4.69) is 0 Å². The molecule has 1 unspecified atom stereocenters. The molecule has 1 rings (SSSR count). The van der Waals surface area contributed by atoms with Crippen LogP contribution in [0.15, 0.2) is 0 Å². The van der Waals surface area contributed by atoms with Crippen LogP contribution in [0.4, 0.5) is 0 Å². The van der Waals surface area contributed by atoms with Gasteiger partial charge in [0.25, 0.3) is 0 Å². The van der Waals surface area contributed by atoms with Crippen LogP contribution >= 0.6 is 12.4 Å².